The van der Waals surface area contributed by atoms with Gasteiger partial charge in [0.05, 0.1) is 0 Å². The quantitative estimate of drug-likeness (QED) is 0.0526. The van der Waals surface area contributed by atoms with Crippen molar-refractivity contribution in [3.8, 4) is 22.3 Å². The summed E-state index contributed by atoms with van der Waals surface area (Å²) in [6, 6.07) is 22.4. The van der Waals surface area contributed by atoms with Crippen LogP contribution in [-0.2, 0) is 9.59 Å². The number of aliphatic hydroxyl groups is 2. The normalized spacial score (nSPS) is 11.4. The Morgan fingerprint density at radius 2 is 0.962 bits per heavy atom. The zero-order valence-corrected chi connectivity index (χ0v) is 33.2. The van der Waals surface area contributed by atoms with Gasteiger partial charge in [0.15, 0.2) is 0 Å². The maximum atomic E-state index is 13.0. The topological polar surface area (TPSA) is 98.7 Å². The Labute approximate surface area is 336 Å². The molecule has 0 aromatic heterocycles. The fraction of sp³-hybridized carbons (Fsp3) is 0.286. The van der Waals surface area contributed by atoms with E-state index in [9.17, 15) is 9.59 Å². The van der Waals surface area contributed by atoms with E-state index in [0.717, 1.165) is 94.5 Å². The number of aliphatic hydroxyl groups excluding tert-OH is 2. The fourth-order valence-electron chi connectivity index (χ4n) is 5.65. The molecule has 0 unspecified atom stereocenters. The minimum absolute atomic E-state index is 0.173. The van der Waals surface area contributed by atoms with Crippen molar-refractivity contribution in [3.63, 3.8) is 0 Å². The van der Waals surface area contributed by atoms with Gasteiger partial charge in [-0.3, -0.25) is 9.59 Å². The van der Waals surface area contributed by atoms with Crippen LogP contribution in [-0.4, -0.2) is 48.3 Å². The summed E-state index contributed by atoms with van der Waals surface area (Å²) in [4.78, 5) is 27.6. The molecule has 0 bridgehead atoms. The van der Waals surface area contributed by atoms with Crippen molar-refractivity contribution in [2.45, 2.75) is 61.2 Å². The molecule has 11 heteroatoms. The number of carbonyl (C=O) groups excluding carboxylic acids is 2. The van der Waals surface area contributed by atoms with Crippen molar-refractivity contribution < 1.29 is 19.8 Å². The summed E-state index contributed by atoms with van der Waals surface area (Å²) >= 11 is 27.4. The summed E-state index contributed by atoms with van der Waals surface area (Å²) < 4.78 is 0. The van der Waals surface area contributed by atoms with Gasteiger partial charge < -0.3 is 20.8 Å². The molecule has 4 N–H and O–H groups in total. The number of nitrogens with one attached hydrogen (secondary N) is 2. The highest BCUT2D eigenvalue weighted by molar-refractivity contribution is 7.99. The zero-order chi connectivity index (χ0) is 38.0. The van der Waals surface area contributed by atoms with Crippen LogP contribution in [0, 0.1) is 0 Å². The Morgan fingerprint density at radius 3 is 1.36 bits per heavy atom. The summed E-state index contributed by atoms with van der Waals surface area (Å²) in [6.45, 7) is 1.42. The smallest absolute Gasteiger partial charge is 0.244 e. The molecule has 0 saturated carbocycles. The van der Waals surface area contributed by atoms with Crippen LogP contribution in [0.4, 0.5) is 0 Å². The van der Waals surface area contributed by atoms with E-state index < -0.39 is 0 Å². The Hall–Kier alpha value is -3.27. The third-order valence-electron chi connectivity index (χ3n) is 8.37. The molecule has 0 saturated heterocycles. The third-order valence-corrected chi connectivity index (χ3v) is 10.6. The van der Waals surface area contributed by atoms with Gasteiger partial charge in [0.2, 0.25) is 11.8 Å². The number of rotatable bonds is 20. The van der Waals surface area contributed by atoms with Crippen LogP contribution in [0.3, 0.4) is 0 Å². The summed E-state index contributed by atoms with van der Waals surface area (Å²) in [5, 5.41) is 25.9. The predicted molar refractivity (Wildman–Crippen MR) is 223 cm³/mol. The van der Waals surface area contributed by atoms with Gasteiger partial charge in [-0.05, 0) is 96.5 Å². The number of unbranched alkanes of at least 4 members (excludes halogenated alkanes) is 6. The van der Waals surface area contributed by atoms with Gasteiger partial charge in [-0.1, -0.05) is 120 Å². The van der Waals surface area contributed by atoms with E-state index in [4.69, 9.17) is 56.6 Å². The van der Waals surface area contributed by atoms with Gasteiger partial charge in [-0.15, -0.1) is 0 Å². The van der Waals surface area contributed by atoms with Crippen LogP contribution in [0.1, 0.15) is 62.5 Å². The molecule has 0 fully saturated rings. The zero-order valence-electron chi connectivity index (χ0n) is 29.4. The van der Waals surface area contributed by atoms with Gasteiger partial charge in [0, 0.05) is 79.5 Å². The second-order valence-corrected chi connectivity index (χ2v) is 15.1. The van der Waals surface area contributed by atoms with E-state index in [1.54, 1.807) is 36.4 Å². The Balaban J connectivity index is 1.72. The molecular formula is C42H44Cl4N2O4S. The van der Waals surface area contributed by atoms with Crippen molar-refractivity contribution in [1.82, 2.24) is 10.6 Å². The number of halogens is 4. The van der Waals surface area contributed by atoms with E-state index in [1.807, 2.05) is 48.5 Å². The molecule has 4 rings (SSSR count). The first-order chi connectivity index (χ1) is 25.7. The van der Waals surface area contributed by atoms with E-state index in [0.29, 0.717) is 33.2 Å². The van der Waals surface area contributed by atoms with Crippen molar-refractivity contribution in [1.29, 1.82) is 0 Å². The van der Waals surface area contributed by atoms with Crippen molar-refractivity contribution in [2.75, 3.05) is 26.3 Å². The lowest BCUT2D eigenvalue weighted by atomic mass is 9.99. The summed E-state index contributed by atoms with van der Waals surface area (Å²) in [5.41, 5.74) is 4.72. The van der Waals surface area contributed by atoms with Crippen LogP contribution >= 0.6 is 58.2 Å². The molecule has 0 aliphatic carbocycles. The van der Waals surface area contributed by atoms with E-state index in [-0.39, 0.29) is 25.0 Å². The average Bonchev–Trinajstić information content (AvgIpc) is 3.13. The first-order valence-electron chi connectivity index (χ1n) is 17.7. The summed E-state index contributed by atoms with van der Waals surface area (Å²) in [5.74, 6) is -0.440. The van der Waals surface area contributed by atoms with E-state index in [2.05, 4.69) is 10.6 Å². The molecular weight excluding hydrogens is 770 g/mol. The average molecular weight is 815 g/mol. The highest BCUT2D eigenvalue weighted by Crippen LogP contribution is 2.43. The van der Waals surface area contributed by atoms with Gasteiger partial charge in [-0.25, -0.2) is 0 Å². The standard InChI is InChI=1S/C42H44Cl4N2O4S/c43-29-15-17-33(37(45)27-29)31-11-9-13-39(35(31)19-21-41(51)47-23-5-1-3-7-25-49)53-40-14-10-12-32(34-18-16-30(44)28-38(34)46)36(40)20-22-42(52)48-24-6-2-4-8-26-50/h9-22,27-28,49-50H,1-8,23-26H2,(H,47,51)(H,48,52). The van der Waals surface area contributed by atoms with Crippen molar-refractivity contribution in [2.24, 2.45) is 0 Å². The lowest BCUT2D eigenvalue weighted by Crippen LogP contribution is -2.22. The van der Waals surface area contributed by atoms with Crippen LogP contribution in [0.5, 0.6) is 0 Å². The summed E-state index contributed by atoms with van der Waals surface area (Å²) in [6.07, 6.45) is 13.5. The molecule has 0 spiro atoms. The Morgan fingerprint density at radius 1 is 0.547 bits per heavy atom. The minimum atomic E-state index is -0.220. The molecule has 280 valence electrons. The molecule has 6 nitrogen and oxygen atoms in total. The monoisotopic (exact) mass is 812 g/mol. The Bertz CT molecular complexity index is 1760. The number of hydrogen-bond donors (Lipinski definition) is 4. The first kappa shape index (κ1) is 42.5. The molecule has 0 aliphatic rings. The second kappa shape index (κ2) is 22.8. The molecule has 4 aromatic carbocycles. The maximum absolute atomic E-state index is 13.0. The Kier molecular flexibility index (Phi) is 18.3. The lowest BCUT2D eigenvalue weighted by Gasteiger charge is -2.17. The number of benzene rings is 4. The van der Waals surface area contributed by atoms with Crippen LogP contribution < -0.4 is 10.6 Å². The minimum Gasteiger partial charge on any atom is -0.396 e. The largest absolute Gasteiger partial charge is 0.396 e. The maximum Gasteiger partial charge on any atom is 0.244 e. The first-order valence-corrected chi connectivity index (χ1v) is 20.0. The molecule has 0 heterocycles. The van der Waals surface area contributed by atoms with Crippen molar-refractivity contribution in [3.05, 3.63) is 116 Å². The van der Waals surface area contributed by atoms with Crippen LogP contribution in [0.15, 0.2) is 94.7 Å². The number of amides is 2. The van der Waals surface area contributed by atoms with E-state index >= 15 is 0 Å². The SMILES string of the molecule is O=C(C=Cc1c(Sc2cccc(-c3ccc(Cl)cc3Cl)c2C=CC(=O)NCCCCCCO)cccc1-c1ccc(Cl)cc1Cl)NCCCCCCO. The fourth-order valence-corrected chi connectivity index (χ4v) is 7.78. The summed E-state index contributed by atoms with van der Waals surface area (Å²) in [7, 11) is 0. The molecule has 0 aliphatic heterocycles. The number of hydrogen-bond acceptors (Lipinski definition) is 5. The molecule has 0 atom stereocenters. The van der Waals surface area contributed by atoms with Gasteiger partial charge in [0.25, 0.3) is 0 Å². The molecule has 0 radical (unpaired) electrons. The van der Waals surface area contributed by atoms with Crippen molar-refractivity contribution >= 4 is 82.1 Å². The molecule has 53 heavy (non-hydrogen) atoms. The molecule has 2 amide bonds. The number of carbonyl (C=O) groups is 2. The van der Waals surface area contributed by atoms with Crippen LogP contribution in [0.2, 0.25) is 20.1 Å². The van der Waals surface area contributed by atoms with Crippen LogP contribution in [0.25, 0.3) is 34.4 Å². The second-order valence-electron chi connectivity index (χ2n) is 12.3. The predicted octanol–water partition coefficient (Wildman–Crippen LogP) is 11.1. The van der Waals surface area contributed by atoms with Gasteiger partial charge in [-0.2, -0.15) is 0 Å². The van der Waals surface area contributed by atoms with Gasteiger partial charge in [0.1, 0.15) is 0 Å². The third kappa shape index (κ3) is 13.5. The lowest BCUT2D eigenvalue weighted by molar-refractivity contribution is -0.117. The van der Waals surface area contributed by atoms with Gasteiger partial charge >= 0.3 is 0 Å². The highest BCUT2D eigenvalue weighted by atomic mass is 35.5. The highest BCUT2D eigenvalue weighted by Gasteiger charge is 2.17. The van der Waals surface area contributed by atoms with E-state index in [1.165, 1.54) is 23.9 Å². The molecule has 4 aromatic rings.